The minimum Gasteiger partial charge on any atom is -0.353 e. The highest BCUT2D eigenvalue weighted by Gasteiger charge is 2.38. The van der Waals surface area contributed by atoms with Crippen molar-refractivity contribution in [3.8, 4) is 16.9 Å². The zero-order valence-corrected chi connectivity index (χ0v) is 23.8. The van der Waals surface area contributed by atoms with Crippen molar-refractivity contribution in [3.63, 3.8) is 0 Å². The standard InChI is InChI=1S/C30H29ClFN5O2S/c1-35(2)17-16-33-25(38)18-36-26(39)19-40-29(23-10-6-7-11-24(23)31)27-28(20-8-4-3-5-9-20)34-37(30(27)36)22-14-12-21(32)13-15-22/h3-15,29H,16-19H2,1-2H3,(H,33,38). The molecule has 0 bridgehead atoms. The summed E-state index contributed by atoms with van der Waals surface area (Å²) in [5, 5.41) is 8.12. The SMILES string of the molecule is CN(C)CCNC(=O)CN1C(=O)CSC(c2ccccc2Cl)c2c(-c3ccccc3)nn(-c3ccc(F)cc3)c21. The number of anilines is 1. The van der Waals surface area contributed by atoms with Crippen LogP contribution in [-0.2, 0) is 9.59 Å². The highest BCUT2D eigenvalue weighted by Crippen LogP contribution is 2.49. The van der Waals surface area contributed by atoms with Crippen LogP contribution in [0.15, 0.2) is 78.9 Å². The molecule has 0 fully saturated rings. The normalized spacial score (nSPS) is 15.2. The lowest BCUT2D eigenvalue weighted by molar-refractivity contribution is -0.122. The van der Waals surface area contributed by atoms with E-state index in [0.717, 1.165) is 16.7 Å². The molecule has 0 radical (unpaired) electrons. The molecular weight excluding hydrogens is 549 g/mol. The predicted octanol–water partition coefficient (Wildman–Crippen LogP) is 5.18. The molecule has 1 N–H and O–H groups in total. The topological polar surface area (TPSA) is 70.5 Å². The Kier molecular flexibility index (Phi) is 8.54. The molecule has 7 nitrogen and oxygen atoms in total. The minimum atomic E-state index is -0.386. The van der Waals surface area contributed by atoms with Crippen molar-refractivity contribution in [2.45, 2.75) is 5.25 Å². The molecule has 0 saturated carbocycles. The second kappa shape index (κ2) is 12.2. The predicted molar refractivity (Wildman–Crippen MR) is 159 cm³/mol. The lowest BCUT2D eigenvalue weighted by atomic mass is 9.99. The van der Waals surface area contributed by atoms with Gasteiger partial charge in [0.15, 0.2) is 0 Å². The molecule has 0 saturated heterocycles. The Labute approximate surface area is 241 Å². The average Bonchev–Trinajstić information content (AvgIpc) is 3.27. The third kappa shape index (κ3) is 5.91. The Balaban J connectivity index is 1.73. The van der Waals surface area contributed by atoms with Gasteiger partial charge < -0.3 is 10.2 Å². The number of thioether (sulfide) groups is 1. The van der Waals surface area contributed by atoms with Crippen molar-refractivity contribution in [3.05, 3.63) is 101 Å². The van der Waals surface area contributed by atoms with Crippen molar-refractivity contribution >= 4 is 41.0 Å². The maximum Gasteiger partial charge on any atom is 0.240 e. The fourth-order valence-corrected chi connectivity index (χ4v) is 6.19. The third-order valence-corrected chi connectivity index (χ3v) is 8.16. The number of hydrogen-bond donors (Lipinski definition) is 1. The van der Waals surface area contributed by atoms with Crippen LogP contribution in [-0.4, -0.2) is 66.0 Å². The van der Waals surface area contributed by atoms with Gasteiger partial charge in [0.05, 0.1) is 22.4 Å². The molecule has 2 amide bonds. The first-order valence-electron chi connectivity index (χ1n) is 12.9. The summed E-state index contributed by atoms with van der Waals surface area (Å²) in [5.41, 5.74) is 3.68. The number of benzene rings is 3. The molecule has 4 aromatic rings. The molecule has 0 spiro atoms. The summed E-state index contributed by atoms with van der Waals surface area (Å²) in [6.07, 6.45) is 0. The van der Waals surface area contributed by atoms with Gasteiger partial charge in [-0.1, -0.05) is 60.1 Å². The molecule has 1 atom stereocenters. The van der Waals surface area contributed by atoms with Crippen molar-refractivity contribution in [1.82, 2.24) is 20.0 Å². The molecule has 2 heterocycles. The Bertz CT molecular complexity index is 1510. The van der Waals surface area contributed by atoms with Gasteiger partial charge in [-0.25, -0.2) is 9.07 Å². The first-order valence-corrected chi connectivity index (χ1v) is 14.3. The number of halogens is 2. The van der Waals surface area contributed by atoms with E-state index in [1.165, 1.54) is 28.8 Å². The summed E-state index contributed by atoms with van der Waals surface area (Å²) in [4.78, 5) is 30.3. The van der Waals surface area contributed by atoms with Gasteiger partial charge in [-0.3, -0.25) is 14.5 Å². The summed E-state index contributed by atoms with van der Waals surface area (Å²) >= 11 is 8.16. The van der Waals surface area contributed by atoms with Crippen LogP contribution < -0.4 is 10.2 Å². The highest BCUT2D eigenvalue weighted by atomic mass is 35.5. The number of fused-ring (bicyclic) bond motifs is 1. The van der Waals surface area contributed by atoms with E-state index in [2.05, 4.69) is 5.32 Å². The van der Waals surface area contributed by atoms with Crippen molar-refractivity contribution in [2.75, 3.05) is 44.4 Å². The first-order chi connectivity index (χ1) is 19.3. The average molecular weight is 578 g/mol. The number of rotatable bonds is 8. The molecule has 1 aliphatic heterocycles. The molecule has 3 aromatic carbocycles. The van der Waals surface area contributed by atoms with Crippen molar-refractivity contribution in [1.29, 1.82) is 0 Å². The number of aromatic nitrogens is 2. The van der Waals surface area contributed by atoms with Crippen molar-refractivity contribution in [2.24, 2.45) is 0 Å². The van der Waals surface area contributed by atoms with Gasteiger partial charge in [-0.05, 0) is 50.0 Å². The van der Waals surface area contributed by atoms with Gasteiger partial charge in [0.1, 0.15) is 18.2 Å². The molecule has 206 valence electrons. The van der Waals surface area contributed by atoms with Gasteiger partial charge in [-0.15, -0.1) is 11.8 Å². The van der Waals surface area contributed by atoms with E-state index in [-0.39, 0.29) is 35.2 Å². The van der Waals surface area contributed by atoms with Crippen LogP contribution in [0.1, 0.15) is 16.4 Å². The molecule has 0 aliphatic carbocycles. The lowest BCUT2D eigenvalue weighted by Crippen LogP contribution is -2.43. The highest BCUT2D eigenvalue weighted by molar-refractivity contribution is 8.00. The van der Waals surface area contributed by atoms with Crippen LogP contribution in [0.5, 0.6) is 0 Å². The zero-order valence-electron chi connectivity index (χ0n) is 22.2. The molecule has 5 rings (SSSR count). The molecule has 10 heteroatoms. The monoisotopic (exact) mass is 577 g/mol. The summed E-state index contributed by atoms with van der Waals surface area (Å²) < 4.78 is 15.6. The van der Waals surface area contributed by atoms with E-state index in [0.29, 0.717) is 35.3 Å². The maximum absolute atomic E-state index is 13.9. The van der Waals surface area contributed by atoms with E-state index < -0.39 is 0 Å². The van der Waals surface area contributed by atoms with E-state index in [1.54, 1.807) is 16.8 Å². The number of nitrogens with one attached hydrogen (secondary N) is 1. The molecule has 1 aromatic heterocycles. The van der Waals surface area contributed by atoms with E-state index in [9.17, 15) is 14.0 Å². The number of hydrogen-bond acceptors (Lipinski definition) is 5. The third-order valence-electron chi connectivity index (χ3n) is 6.58. The van der Waals surface area contributed by atoms with E-state index >= 15 is 0 Å². The largest absolute Gasteiger partial charge is 0.353 e. The van der Waals surface area contributed by atoms with Gasteiger partial charge in [0, 0.05) is 29.2 Å². The van der Waals surface area contributed by atoms with E-state index in [4.69, 9.17) is 16.7 Å². The molecule has 1 unspecified atom stereocenters. The molecule has 1 aliphatic rings. The molecule has 40 heavy (non-hydrogen) atoms. The van der Waals surface area contributed by atoms with Crippen LogP contribution in [0, 0.1) is 5.82 Å². The number of nitrogens with zero attached hydrogens (tertiary/aromatic N) is 4. The Morgan fingerprint density at radius 1 is 1.07 bits per heavy atom. The van der Waals surface area contributed by atoms with Gasteiger partial charge in [0.2, 0.25) is 11.8 Å². The fraction of sp³-hybridized carbons (Fsp3) is 0.233. The van der Waals surface area contributed by atoms with Crippen LogP contribution in [0.25, 0.3) is 16.9 Å². The summed E-state index contributed by atoms with van der Waals surface area (Å²) in [7, 11) is 3.85. The van der Waals surface area contributed by atoms with Crippen LogP contribution in [0.4, 0.5) is 10.2 Å². The van der Waals surface area contributed by atoms with Crippen molar-refractivity contribution < 1.29 is 14.0 Å². The number of carbonyl (C=O) groups excluding carboxylic acids is 2. The van der Waals surface area contributed by atoms with Crippen LogP contribution >= 0.6 is 23.4 Å². The Morgan fingerprint density at radius 3 is 2.48 bits per heavy atom. The van der Waals surface area contributed by atoms with Gasteiger partial charge in [-0.2, -0.15) is 5.10 Å². The summed E-state index contributed by atoms with van der Waals surface area (Å²) in [6.45, 7) is 0.932. The second-order valence-corrected chi connectivity index (χ2v) is 11.2. The zero-order chi connectivity index (χ0) is 28.2. The first kappa shape index (κ1) is 27.9. The van der Waals surface area contributed by atoms with E-state index in [1.807, 2.05) is 73.6 Å². The minimum absolute atomic E-state index is 0.132. The summed E-state index contributed by atoms with van der Waals surface area (Å²) in [6, 6.07) is 23.2. The number of amides is 2. The summed E-state index contributed by atoms with van der Waals surface area (Å²) in [5.74, 6) is -0.300. The smallest absolute Gasteiger partial charge is 0.240 e. The quantitative estimate of drug-likeness (QED) is 0.313. The number of carbonyl (C=O) groups is 2. The maximum atomic E-state index is 13.9. The second-order valence-electron chi connectivity index (χ2n) is 9.69. The number of likely N-dealkylation sites (N-methyl/N-ethyl adjacent to an activating group) is 1. The molecular formula is C30H29ClFN5O2S. The van der Waals surface area contributed by atoms with Gasteiger partial charge >= 0.3 is 0 Å². The Hall–Kier alpha value is -3.66. The van der Waals surface area contributed by atoms with Crippen LogP contribution in [0.3, 0.4) is 0 Å². The van der Waals surface area contributed by atoms with Crippen LogP contribution in [0.2, 0.25) is 5.02 Å². The lowest BCUT2D eigenvalue weighted by Gasteiger charge is -2.23. The Morgan fingerprint density at radius 2 is 1.77 bits per heavy atom. The fourth-order valence-electron chi connectivity index (χ4n) is 4.64. The van der Waals surface area contributed by atoms with Gasteiger partial charge in [0.25, 0.3) is 0 Å².